The van der Waals surface area contributed by atoms with E-state index in [1.807, 2.05) is 0 Å². The highest BCUT2D eigenvalue weighted by atomic mass is 16.2. The maximum Gasteiger partial charge on any atom is 0.225 e. The van der Waals surface area contributed by atoms with E-state index < -0.39 is 0 Å². The molecule has 0 atom stereocenters. The van der Waals surface area contributed by atoms with E-state index in [0.29, 0.717) is 11.8 Å². The van der Waals surface area contributed by atoms with Crippen LogP contribution in [-0.4, -0.2) is 48.4 Å². The van der Waals surface area contributed by atoms with Crippen molar-refractivity contribution in [2.75, 3.05) is 32.7 Å². The first kappa shape index (κ1) is 14.6. The molecule has 1 amide bonds. The molecule has 2 aliphatic rings. The van der Waals surface area contributed by atoms with Gasteiger partial charge in [-0.1, -0.05) is 36.8 Å². The zero-order valence-electron chi connectivity index (χ0n) is 12.8. The van der Waals surface area contributed by atoms with Crippen molar-refractivity contribution in [3.63, 3.8) is 0 Å². The Bertz CT molecular complexity index is 448. The van der Waals surface area contributed by atoms with Crippen molar-refractivity contribution in [3.05, 3.63) is 35.9 Å². The molecule has 1 aromatic rings. The molecule has 1 saturated carbocycles. The molecule has 0 bridgehead atoms. The van der Waals surface area contributed by atoms with Crippen molar-refractivity contribution < 1.29 is 4.79 Å². The van der Waals surface area contributed by atoms with Crippen molar-refractivity contribution in [2.24, 2.45) is 5.92 Å². The normalized spacial score (nSPS) is 20.3. The first-order valence-corrected chi connectivity index (χ1v) is 8.38. The molecule has 3 nitrogen and oxygen atoms in total. The molecule has 2 fully saturated rings. The third-order valence-corrected chi connectivity index (χ3v) is 4.92. The van der Waals surface area contributed by atoms with Crippen LogP contribution in [0.5, 0.6) is 0 Å². The number of carbonyl (C=O) groups excluding carboxylic acids is 1. The number of aryl methyl sites for hydroxylation is 1. The van der Waals surface area contributed by atoms with Crippen molar-refractivity contribution in [1.29, 1.82) is 0 Å². The quantitative estimate of drug-likeness (QED) is 0.830. The Labute approximate surface area is 127 Å². The number of rotatable bonds is 5. The minimum absolute atomic E-state index is 0.356. The van der Waals surface area contributed by atoms with Gasteiger partial charge in [0.05, 0.1) is 0 Å². The number of nitrogens with zero attached hydrogens (tertiary/aromatic N) is 2. The summed E-state index contributed by atoms with van der Waals surface area (Å²) in [5, 5.41) is 0. The van der Waals surface area contributed by atoms with Gasteiger partial charge in [-0.2, -0.15) is 0 Å². The molecule has 114 valence electrons. The first-order valence-electron chi connectivity index (χ1n) is 8.38. The topological polar surface area (TPSA) is 23.6 Å². The van der Waals surface area contributed by atoms with Gasteiger partial charge >= 0.3 is 0 Å². The minimum atomic E-state index is 0.356. The molecule has 0 spiro atoms. The van der Waals surface area contributed by atoms with Crippen molar-refractivity contribution >= 4 is 5.91 Å². The minimum Gasteiger partial charge on any atom is -0.340 e. The molecule has 0 N–H and O–H groups in total. The van der Waals surface area contributed by atoms with Crippen molar-refractivity contribution in [2.45, 2.75) is 32.1 Å². The summed E-state index contributed by atoms with van der Waals surface area (Å²) in [4.78, 5) is 16.8. The maximum atomic E-state index is 12.2. The zero-order chi connectivity index (χ0) is 14.5. The first-order chi connectivity index (χ1) is 10.3. The van der Waals surface area contributed by atoms with E-state index in [9.17, 15) is 4.79 Å². The second kappa shape index (κ2) is 7.08. The van der Waals surface area contributed by atoms with Crippen LogP contribution in [-0.2, 0) is 11.2 Å². The maximum absolute atomic E-state index is 12.2. The van der Waals surface area contributed by atoms with Crippen LogP contribution in [0.2, 0.25) is 0 Å². The lowest BCUT2D eigenvalue weighted by atomic mass is 9.84. The van der Waals surface area contributed by atoms with Crippen molar-refractivity contribution in [1.82, 2.24) is 9.80 Å². The zero-order valence-corrected chi connectivity index (χ0v) is 12.8. The Kier molecular flexibility index (Phi) is 4.91. The highest BCUT2D eigenvalue weighted by Gasteiger charge is 2.30. The molecular formula is C18H26N2O. The van der Waals surface area contributed by atoms with E-state index in [0.717, 1.165) is 52.0 Å². The fourth-order valence-electron chi connectivity index (χ4n) is 3.26. The molecule has 3 heteroatoms. The molecule has 1 aromatic carbocycles. The largest absolute Gasteiger partial charge is 0.340 e. The van der Waals surface area contributed by atoms with E-state index in [2.05, 4.69) is 40.1 Å². The summed E-state index contributed by atoms with van der Waals surface area (Å²) >= 11 is 0. The summed E-state index contributed by atoms with van der Waals surface area (Å²) in [6.45, 7) is 5.11. The van der Waals surface area contributed by atoms with E-state index in [1.54, 1.807) is 0 Å². The van der Waals surface area contributed by atoms with Gasteiger partial charge in [0.15, 0.2) is 0 Å². The average molecular weight is 286 g/mol. The van der Waals surface area contributed by atoms with Gasteiger partial charge in [-0.3, -0.25) is 9.69 Å². The molecule has 0 aromatic heterocycles. The van der Waals surface area contributed by atoms with Crippen LogP contribution in [0.4, 0.5) is 0 Å². The molecule has 21 heavy (non-hydrogen) atoms. The summed E-state index contributed by atoms with van der Waals surface area (Å²) in [5.74, 6) is 0.778. The second-order valence-electron chi connectivity index (χ2n) is 6.38. The number of amides is 1. The van der Waals surface area contributed by atoms with Gasteiger partial charge in [0, 0.05) is 32.1 Å². The van der Waals surface area contributed by atoms with Crippen LogP contribution < -0.4 is 0 Å². The summed E-state index contributed by atoms with van der Waals surface area (Å²) in [6, 6.07) is 10.7. The van der Waals surface area contributed by atoms with Gasteiger partial charge in [0.2, 0.25) is 5.91 Å². The van der Waals surface area contributed by atoms with Crippen LogP contribution >= 0.6 is 0 Å². The molecule has 0 unspecified atom stereocenters. The van der Waals surface area contributed by atoms with Gasteiger partial charge in [0.1, 0.15) is 0 Å². The van der Waals surface area contributed by atoms with E-state index in [-0.39, 0.29) is 0 Å². The summed E-state index contributed by atoms with van der Waals surface area (Å²) in [7, 11) is 0. The lowest BCUT2D eigenvalue weighted by Crippen LogP contribution is -2.51. The second-order valence-corrected chi connectivity index (χ2v) is 6.38. The fraction of sp³-hybridized carbons (Fsp3) is 0.611. The number of piperazine rings is 1. The molecule has 0 radical (unpaired) electrons. The van der Waals surface area contributed by atoms with E-state index in [1.165, 1.54) is 18.4 Å². The molecule has 1 heterocycles. The lowest BCUT2D eigenvalue weighted by Gasteiger charge is -2.38. The summed E-state index contributed by atoms with van der Waals surface area (Å²) < 4.78 is 0. The summed E-state index contributed by atoms with van der Waals surface area (Å²) in [6.07, 6.45) is 5.85. The lowest BCUT2D eigenvalue weighted by molar-refractivity contribution is -0.139. The molecule has 1 aliphatic carbocycles. The Morgan fingerprint density at radius 2 is 1.76 bits per heavy atom. The SMILES string of the molecule is O=C(C1CCC1)N1CCN(CCCc2ccccc2)CC1. The van der Waals surface area contributed by atoms with Crippen LogP contribution in [0.25, 0.3) is 0 Å². The monoisotopic (exact) mass is 286 g/mol. The van der Waals surface area contributed by atoms with Crippen LogP contribution in [0.1, 0.15) is 31.2 Å². The number of carbonyl (C=O) groups is 1. The fourth-order valence-corrected chi connectivity index (χ4v) is 3.26. The van der Waals surface area contributed by atoms with E-state index in [4.69, 9.17) is 0 Å². The third kappa shape index (κ3) is 3.85. The van der Waals surface area contributed by atoms with E-state index >= 15 is 0 Å². The Morgan fingerprint density at radius 1 is 1.05 bits per heavy atom. The Hall–Kier alpha value is -1.35. The number of hydrogen-bond acceptors (Lipinski definition) is 2. The molecular weight excluding hydrogens is 260 g/mol. The Balaban J connectivity index is 1.35. The molecule has 1 saturated heterocycles. The predicted octanol–water partition coefficient (Wildman–Crippen LogP) is 2.56. The van der Waals surface area contributed by atoms with Gasteiger partial charge in [-0.25, -0.2) is 0 Å². The standard InChI is InChI=1S/C18H26N2O/c21-18(17-9-4-10-17)20-14-12-19(13-15-20)11-5-8-16-6-2-1-3-7-16/h1-3,6-7,17H,4-5,8-15H2. The van der Waals surface area contributed by atoms with Crippen LogP contribution in [0.3, 0.4) is 0 Å². The van der Waals surface area contributed by atoms with Crippen LogP contribution in [0.15, 0.2) is 30.3 Å². The van der Waals surface area contributed by atoms with Gasteiger partial charge in [0.25, 0.3) is 0 Å². The molecule has 1 aliphatic heterocycles. The van der Waals surface area contributed by atoms with Gasteiger partial charge < -0.3 is 4.90 Å². The summed E-state index contributed by atoms with van der Waals surface area (Å²) in [5.41, 5.74) is 1.43. The number of benzene rings is 1. The Morgan fingerprint density at radius 3 is 2.38 bits per heavy atom. The highest BCUT2D eigenvalue weighted by Crippen LogP contribution is 2.28. The molecule has 3 rings (SSSR count). The highest BCUT2D eigenvalue weighted by molar-refractivity contribution is 5.79. The van der Waals surface area contributed by atoms with Crippen LogP contribution in [0, 0.1) is 5.92 Å². The van der Waals surface area contributed by atoms with Gasteiger partial charge in [-0.15, -0.1) is 0 Å². The predicted molar refractivity (Wildman–Crippen MR) is 85.1 cm³/mol. The third-order valence-electron chi connectivity index (χ3n) is 4.92. The average Bonchev–Trinajstić information content (AvgIpc) is 2.47. The number of hydrogen-bond donors (Lipinski definition) is 0. The van der Waals surface area contributed by atoms with Crippen molar-refractivity contribution in [3.8, 4) is 0 Å². The smallest absolute Gasteiger partial charge is 0.225 e. The van der Waals surface area contributed by atoms with Gasteiger partial charge in [-0.05, 0) is 37.8 Å².